The Bertz CT molecular complexity index is 816. The summed E-state index contributed by atoms with van der Waals surface area (Å²) in [5.74, 6) is 1.41. The number of nitrogens with zero attached hydrogens (tertiary/aromatic N) is 2. The van der Waals surface area contributed by atoms with E-state index in [0.29, 0.717) is 19.0 Å². The molecule has 6 heteroatoms. The lowest BCUT2D eigenvalue weighted by Crippen LogP contribution is -2.49. The van der Waals surface area contributed by atoms with Gasteiger partial charge >= 0.3 is 6.03 Å². The first-order valence-corrected chi connectivity index (χ1v) is 9.41. The summed E-state index contributed by atoms with van der Waals surface area (Å²) in [6.07, 6.45) is 0. The molecule has 0 spiro atoms. The molecule has 0 saturated carbocycles. The molecule has 2 aromatic rings. The second kappa shape index (κ2) is 7.88. The van der Waals surface area contributed by atoms with Crippen LogP contribution in [0.1, 0.15) is 11.1 Å². The van der Waals surface area contributed by atoms with Gasteiger partial charge in [-0.05, 0) is 24.6 Å². The third-order valence-electron chi connectivity index (χ3n) is 4.94. The topological polar surface area (TPSA) is 54.0 Å². The highest BCUT2D eigenvalue weighted by Gasteiger charge is 2.22. The van der Waals surface area contributed by atoms with Crippen molar-refractivity contribution in [3.8, 4) is 11.5 Å². The van der Waals surface area contributed by atoms with Gasteiger partial charge in [-0.2, -0.15) is 0 Å². The zero-order chi connectivity index (χ0) is 18.6. The Labute approximate surface area is 159 Å². The number of piperazine rings is 1. The molecule has 0 radical (unpaired) electrons. The monoisotopic (exact) mass is 367 g/mol. The largest absolute Gasteiger partial charge is 0.486 e. The van der Waals surface area contributed by atoms with Gasteiger partial charge in [-0.3, -0.25) is 4.90 Å². The highest BCUT2D eigenvalue weighted by molar-refractivity contribution is 5.89. The van der Waals surface area contributed by atoms with Crippen LogP contribution in [0.25, 0.3) is 0 Å². The van der Waals surface area contributed by atoms with Gasteiger partial charge in [0.05, 0.1) is 0 Å². The van der Waals surface area contributed by atoms with Gasteiger partial charge in [0.1, 0.15) is 13.2 Å². The van der Waals surface area contributed by atoms with Crippen LogP contribution in [0.2, 0.25) is 0 Å². The first-order chi connectivity index (χ1) is 13.2. The molecule has 1 fully saturated rings. The third kappa shape index (κ3) is 4.34. The second-order valence-corrected chi connectivity index (χ2v) is 7.04. The van der Waals surface area contributed by atoms with Gasteiger partial charge in [-0.15, -0.1) is 0 Å². The maximum atomic E-state index is 12.6. The molecule has 4 rings (SSSR count). The summed E-state index contributed by atoms with van der Waals surface area (Å²) in [4.78, 5) is 16.8. The van der Waals surface area contributed by atoms with Crippen LogP contribution in [0.15, 0.2) is 42.5 Å². The number of ether oxygens (including phenoxy) is 2. The van der Waals surface area contributed by atoms with E-state index in [9.17, 15) is 4.79 Å². The molecule has 142 valence electrons. The number of fused-ring (bicyclic) bond motifs is 1. The van der Waals surface area contributed by atoms with Gasteiger partial charge in [0.25, 0.3) is 0 Å². The van der Waals surface area contributed by atoms with E-state index in [1.807, 2.05) is 23.1 Å². The van der Waals surface area contributed by atoms with Crippen LogP contribution in [0.4, 0.5) is 10.5 Å². The maximum absolute atomic E-state index is 12.6. The summed E-state index contributed by atoms with van der Waals surface area (Å²) in [6.45, 7) is 7.34. The average molecular weight is 367 g/mol. The molecular weight excluding hydrogens is 342 g/mol. The molecule has 2 heterocycles. The SMILES string of the molecule is Cc1cccc(CN2CCN(C(=O)Nc3ccc4c(c3)OCCO4)CC2)c1. The third-order valence-corrected chi connectivity index (χ3v) is 4.94. The molecule has 1 N–H and O–H groups in total. The van der Waals surface area contributed by atoms with Crippen LogP contribution >= 0.6 is 0 Å². The van der Waals surface area contributed by atoms with E-state index >= 15 is 0 Å². The number of rotatable bonds is 3. The van der Waals surface area contributed by atoms with Gasteiger partial charge in [0.2, 0.25) is 0 Å². The van der Waals surface area contributed by atoms with Crippen molar-refractivity contribution in [3.05, 3.63) is 53.6 Å². The van der Waals surface area contributed by atoms with Gasteiger partial charge in [-0.25, -0.2) is 4.79 Å². The number of urea groups is 1. The van der Waals surface area contributed by atoms with E-state index in [4.69, 9.17) is 9.47 Å². The number of amides is 2. The Kier molecular flexibility index (Phi) is 5.16. The van der Waals surface area contributed by atoms with Gasteiger partial charge in [-0.1, -0.05) is 29.8 Å². The highest BCUT2D eigenvalue weighted by atomic mass is 16.6. The minimum Gasteiger partial charge on any atom is -0.486 e. The molecule has 0 aliphatic carbocycles. The fraction of sp³-hybridized carbons (Fsp3) is 0.381. The number of carbonyl (C=O) groups is 1. The Morgan fingerprint density at radius 1 is 1.00 bits per heavy atom. The van der Waals surface area contributed by atoms with E-state index in [2.05, 4.69) is 41.4 Å². The van der Waals surface area contributed by atoms with Crippen LogP contribution in [-0.2, 0) is 6.54 Å². The minimum atomic E-state index is -0.0677. The minimum absolute atomic E-state index is 0.0677. The molecule has 2 aromatic carbocycles. The van der Waals surface area contributed by atoms with Crippen LogP contribution in [0.3, 0.4) is 0 Å². The standard InChI is InChI=1S/C21H25N3O3/c1-16-3-2-4-17(13-16)15-23-7-9-24(10-8-23)21(25)22-18-5-6-19-20(14-18)27-12-11-26-19/h2-6,13-14H,7-12,15H2,1H3,(H,22,25). The number of nitrogens with one attached hydrogen (secondary N) is 1. The average Bonchev–Trinajstić information content (AvgIpc) is 2.68. The molecule has 0 aromatic heterocycles. The Hall–Kier alpha value is -2.73. The summed E-state index contributed by atoms with van der Waals surface area (Å²) in [6, 6.07) is 14.0. The molecule has 0 unspecified atom stereocenters. The number of aryl methyl sites for hydroxylation is 1. The molecule has 0 atom stereocenters. The highest BCUT2D eigenvalue weighted by Crippen LogP contribution is 2.32. The number of hydrogen-bond acceptors (Lipinski definition) is 4. The lowest BCUT2D eigenvalue weighted by molar-refractivity contribution is 0.143. The van der Waals surface area contributed by atoms with E-state index in [-0.39, 0.29) is 6.03 Å². The second-order valence-electron chi connectivity index (χ2n) is 7.04. The van der Waals surface area contributed by atoms with Crippen molar-refractivity contribution in [2.24, 2.45) is 0 Å². The predicted octanol–water partition coefficient (Wildman–Crippen LogP) is 3.12. The molecule has 6 nitrogen and oxygen atoms in total. The van der Waals surface area contributed by atoms with Crippen molar-refractivity contribution < 1.29 is 14.3 Å². The summed E-state index contributed by atoms with van der Waals surface area (Å²) >= 11 is 0. The Morgan fingerprint density at radius 2 is 1.78 bits per heavy atom. The van der Waals surface area contributed by atoms with E-state index in [1.54, 1.807) is 0 Å². The molecule has 2 aliphatic heterocycles. The predicted molar refractivity (Wildman–Crippen MR) is 104 cm³/mol. The number of benzene rings is 2. The Balaban J connectivity index is 1.29. The van der Waals surface area contributed by atoms with E-state index in [0.717, 1.165) is 44.2 Å². The lowest BCUT2D eigenvalue weighted by atomic mass is 10.1. The quantitative estimate of drug-likeness (QED) is 0.906. The van der Waals surface area contributed by atoms with Crippen LogP contribution in [0.5, 0.6) is 11.5 Å². The Morgan fingerprint density at radius 3 is 2.56 bits per heavy atom. The molecule has 2 aliphatic rings. The molecular formula is C21H25N3O3. The summed E-state index contributed by atoms with van der Waals surface area (Å²) in [5.41, 5.74) is 3.33. The summed E-state index contributed by atoms with van der Waals surface area (Å²) < 4.78 is 11.1. The molecule has 1 saturated heterocycles. The maximum Gasteiger partial charge on any atom is 0.321 e. The van der Waals surface area contributed by atoms with Gasteiger partial charge in [0, 0.05) is 44.5 Å². The van der Waals surface area contributed by atoms with E-state index < -0.39 is 0 Å². The fourth-order valence-corrected chi connectivity index (χ4v) is 3.50. The zero-order valence-electron chi connectivity index (χ0n) is 15.6. The van der Waals surface area contributed by atoms with Gasteiger partial charge in [0.15, 0.2) is 11.5 Å². The van der Waals surface area contributed by atoms with Crippen molar-refractivity contribution in [1.82, 2.24) is 9.80 Å². The number of carbonyl (C=O) groups excluding carboxylic acids is 1. The summed E-state index contributed by atoms with van der Waals surface area (Å²) in [7, 11) is 0. The first kappa shape index (κ1) is 17.7. The molecule has 2 amide bonds. The normalized spacial score (nSPS) is 16.9. The van der Waals surface area contributed by atoms with Crippen LogP contribution in [-0.4, -0.2) is 55.2 Å². The van der Waals surface area contributed by atoms with Crippen LogP contribution in [0, 0.1) is 6.92 Å². The van der Waals surface area contributed by atoms with Crippen LogP contribution < -0.4 is 14.8 Å². The van der Waals surface area contributed by atoms with Crippen molar-refractivity contribution in [2.45, 2.75) is 13.5 Å². The smallest absolute Gasteiger partial charge is 0.321 e. The van der Waals surface area contributed by atoms with Crippen molar-refractivity contribution in [1.29, 1.82) is 0 Å². The number of hydrogen-bond donors (Lipinski definition) is 1. The van der Waals surface area contributed by atoms with Crippen molar-refractivity contribution >= 4 is 11.7 Å². The number of anilines is 1. The summed E-state index contributed by atoms with van der Waals surface area (Å²) in [5, 5.41) is 2.97. The van der Waals surface area contributed by atoms with Crippen molar-refractivity contribution in [3.63, 3.8) is 0 Å². The van der Waals surface area contributed by atoms with Gasteiger partial charge < -0.3 is 19.7 Å². The van der Waals surface area contributed by atoms with E-state index in [1.165, 1.54) is 11.1 Å². The van der Waals surface area contributed by atoms with Crippen molar-refractivity contribution in [2.75, 3.05) is 44.7 Å². The zero-order valence-corrected chi connectivity index (χ0v) is 15.6. The molecule has 27 heavy (non-hydrogen) atoms. The lowest BCUT2D eigenvalue weighted by Gasteiger charge is -2.34. The fourth-order valence-electron chi connectivity index (χ4n) is 3.50. The molecule has 0 bridgehead atoms. The first-order valence-electron chi connectivity index (χ1n) is 9.41.